The Morgan fingerprint density at radius 2 is 1.78 bits per heavy atom. The van der Waals surface area contributed by atoms with E-state index < -0.39 is 16.0 Å². The highest BCUT2D eigenvalue weighted by molar-refractivity contribution is 7.87. The fraction of sp³-hybridized carbons (Fsp3) is 0.235. The Labute approximate surface area is 136 Å². The molecule has 0 radical (unpaired) electrons. The van der Waals surface area contributed by atoms with Crippen LogP contribution in [0.4, 0.5) is 0 Å². The van der Waals surface area contributed by atoms with Crippen LogP contribution in [0.3, 0.4) is 0 Å². The molecule has 2 aromatic rings. The van der Waals surface area contributed by atoms with Gasteiger partial charge in [0.15, 0.2) is 0 Å². The smallest absolute Gasteiger partial charge is 0.339 e. The summed E-state index contributed by atoms with van der Waals surface area (Å²) < 4.78 is 34.5. The topological polar surface area (TPSA) is 69.7 Å². The summed E-state index contributed by atoms with van der Waals surface area (Å²) in [6.45, 7) is 3.72. The number of ether oxygens (including phenoxy) is 1. The molecule has 0 bridgehead atoms. The average Bonchev–Trinajstić information content (AvgIpc) is 2.55. The van der Waals surface area contributed by atoms with Gasteiger partial charge < -0.3 is 8.92 Å². The summed E-state index contributed by atoms with van der Waals surface area (Å²) in [6.07, 6.45) is 0. The van der Waals surface area contributed by atoms with Crippen molar-refractivity contribution in [3.05, 3.63) is 60.2 Å². The largest absolute Gasteiger partial charge is 0.466 e. The molecule has 1 atom stereocenters. The molecule has 2 aromatic carbocycles. The number of rotatable bonds is 6. The highest BCUT2D eigenvalue weighted by atomic mass is 32.2. The third-order valence-corrected chi connectivity index (χ3v) is 4.50. The Bertz CT molecular complexity index is 769. The lowest BCUT2D eigenvalue weighted by atomic mass is 10.0. The SMILES string of the molecule is CCOC(=O)C(C)c1cccc(OS(=O)(=O)c2ccccc2)c1. The maximum Gasteiger partial charge on any atom is 0.339 e. The van der Waals surface area contributed by atoms with Gasteiger partial charge in [-0.15, -0.1) is 0 Å². The van der Waals surface area contributed by atoms with Crippen molar-refractivity contribution in [2.45, 2.75) is 24.7 Å². The highest BCUT2D eigenvalue weighted by Crippen LogP contribution is 2.24. The van der Waals surface area contributed by atoms with E-state index >= 15 is 0 Å². The molecule has 0 amide bonds. The zero-order chi connectivity index (χ0) is 16.9. The monoisotopic (exact) mass is 334 g/mol. The lowest BCUT2D eigenvalue weighted by Crippen LogP contribution is -2.13. The first kappa shape index (κ1) is 17.0. The zero-order valence-electron chi connectivity index (χ0n) is 12.9. The van der Waals surface area contributed by atoms with Crippen LogP contribution in [0.2, 0.25) is 0 Å². The summed E-state index contributed by atoms with van der Waals surface area (Å²) in [5.41, 5.74) is 0.629. The lowest BCUT2D eigenvalue weighted by Gasteiger charge is -2.12. The van der Waals surface area contributed by atoms with Gasteiger partial charge in [0.25, 0.3) is 0 Å². The van der Waals surface area contributed by atoms with Gasteiger partial charge in [-0.25, -0.2) is 0 Å². The third kappa shape index (κ3) is 4.32. The van der Waals surface area contributed by atoms with Crippen molar-refractivity contribution in [1.82, 2.24) is 0 Å². The van der Waals surface area contributed by atoms with Crippen LogP contribution < -0.4 is 4.18 Å². The molecule has 0 spiro atoms. The van der Waals surface area contributed by atoms with Crippen LogP contribution >= 0.6 is 0 Å². The molecule has 0 aliphatic carbocycles. The standard InChI is InChI=1S/C17H18O5S/c1-3-21-17(18)13(2)14-8-7-9-15(12-14)22-23(19,20)16-10-5-4-6-11-16/h4-13H,3H2,1-2H3. The van der Waals surface area contributed by atoms with E-state index in [2.05, 4.69) is 0 Å². The van der Waals surface area contributed by atoms with Crippen molar-refractivity contribution in [2.75, 3.05) is 6.61 Å². The number of carbonyl (C=O) groups is 1. The number of hydrogen-bond donors (Lipinski definition) is 0. The second kappa shape index (κ2) is 7.28. The molecular weight excluding hydrogens is 316 g/mol. The van der Waals surface area contributed by atoms with Gasteiger partial charge in [0, 0.05) is 0 Å². The second-order valence-corrected chi connectivity index (χ2v) is 6.44. The first-order valence-electron chi connectivity index (χ1n) is 7.20. The zero-order valence-corrected chi connectivity index (χ0v) is 13.7. The molecule has 2 rings (SSSR count). The fourth-order valence-corrected chi connectivity index (χ4v) is 2.94. The van der Waals surface area contributed by atoms with Gasteiger partial charge in [-0.2, -0.15) is 8.42 Å². The van der Waals surface area contributed by atoms with Crippen molar-refractivity contribution < 1.29 is 22.1 Å². The molecule has 5 nitrogen and oxygen atoms in total. The van der Waals surface area contributed by atoms with E-state index in [1.165, 1.54) is 24.3 Å². The van der Waals surface area contributed by atoms with Crippen molar-refractivity contribution in [2.24, 2.45) is 0 Å². The molecule has 0 aliphatic heterocycles. The predicted molar refractivity (Wildman–Crippen MR) is 85.7 cm³/mol. The molecule has 0 aromatic heterocycles. The van der Waals surface area contributed by atoms with E-state index in [9.17, 15) is 13.2 Å². The summed E-state index contributed by atoms with van der Waals surface area (Å²) in [7, 11) is -3.90. The Balaban J connectivity index is 2.22. The van der Waals surface area contributed by atoms with Crippen molar-refractivity contribution in [3.63, 3.8) is 0 Å². The van der Waals surface area contributed by atoms with Crippen molar-refractivity contribution in [3.8, 4) is 5.75 Å². The van der Waals surface area contributed by atoms with Gasteiger partial charge >= 0.3 is 16.1 Å². The number of esters is 1. The van der Waals surface area contributed by atoms with E-state index in [1.54, 1.807) is 44.2 Å². The van der Waals surface area contributed by atoms with Crippen LogP contribution in [0.25, 0.3) is 0 Å². The molecule has 1 unspecified atom stereocenters. The molecule has 0 saturated carbocycles. The van der Waals surface area contributed by atoms with Crippen LogP contribution in [-0.4, -0.2) is 21.0 Å². The molecule has 0 fully saturated rings. The van der Waals surface area contributed by atoms with Crippen LogP contribution in [0.1, 0.15) is 25.3 Å². The molecule has 23 heavy (non-hydrogen) atoms. The summed E-state index contributed by atoms with van der Waals surface area (Å²) in [5, 5.41) is 0. The molecule has 0 N–H and O–H groups in total. The first-order chi connectivity index (χ1) is 10.9. The summed E-state index contributed by atoms with van der Waals surface area (Å²) >= 11 is 0. The number of benzene rings is 2. The molecule has 6 heteroatoms. The first-order valence-corrected chi connectivity index (χ1v) is 8.61. The maximum atomic E-state index is 12.2. The Kier molecular flexibility index (Phi) is 5.39. The summed E-state index contributed by atoms with van der Waals surface area (Å²) in [4.78, 5) is 11.9. The summed E-state index contributed by atoms with van der Waals surface area (Å²) in [5.74, 6) is -0.712. The van der Waals surface area contributed by atoms with Crippen LogP contribution in [0.5, 0.6) is 5.75 Å². The van der Waals surface area contributed by atoms with Crippen molar-refractivity contribution in [1.29, 1.82) is 0 Å². The van der Waals surface area contributed by atoms with Crippen LogP contribution in [0.15, 0.2) is 59.5 Å². The van der Waals surface area contributed by atoms with E-state index in [4.69, 9.17) is 8.92 Å². The molecule has 122 valence electrons. The fourth-order valence-electron chi connectivity index (χ4n) is 2.00. The quantitative estimate of drug-likeness (QED) is 0.600. The van der Waals surface area contributed by atoms with E-state index in [0.717, 1.165) is 0 Å². The number of hydrogen-bond acceptors (Lipinski definition) is 5. The normalized spacial score (nSPS) is 12.4. The predicted octanol–water partition coefficient (Wildman–Crippen LogP) is 3.12. The Hall–Kier alpha value is -2.34. The average molecular weight is 334 g/mol. The van der Waals surface area contributed by atoms with Gasteiger partial charge in [-0.1, -0.05) is 30.3 Å². The minimum Gasteiger partial charge on any atom is -0.466 e. The molecule has 0 heterocycles. The maximum absolute atomic E-state index is 12.2. The number of carbonyl (C=O) groups excluding carboxylic acids is 1. The van der Waals surface area contributed by atoms with Gasteiger partial charge in [0.05, 0.1) is 12.5 Å². The summed E-state index contributed by atoms with van der Waals surface area (Å²) in [6, 6.07) is 14.3. The second-order valence-electron chi connectivity index (χ2n) is 4.90. The Morgan fingerprint density at radius 1 is 1.09 bits per heavy atom. The van der Waals surface area contributed by atoms with Gasteiger partial charge in [-0.3, -0.25) is 4.79 Å². The van der Waals surface area contributed by atoms with Crippen LogP contribution in [-0.2, 0) is 19.6 Å². The van der Waals surface area contributed by atoms with E-state index in [-0.39, 0.29) is 16.6 Å². The lowest BCUT2D eigenvalue weighted by molar-refractivity contribution is -0.144. The molecule has 0 saturated heterocycles. The van der Waals surface area contributed by atoms with E-state index in [1.807, 2.05) is 0 Å². The van der Waals surface area contributed by atoms with Crippen LogP contribution in [0, 0.1) is 0 Å². The van der Waals surface area contributed by atoms with Gasteiger partial charge in [-0.05, 0) is 43.7 Å². The van der Waals surface area contributed by atoms with Gasteiger partial charge in [0.2, 0.25) is 0 Å². The van der Waals surface area contributed by atoms with Crippen molar-refractivity contribution >= 4 is 16.1 Å². The molecule has 0 aliphatic rings. The minimum absolute atomic E-state index is 0.0730. The van der Waals surface area contributed by atoms with Gasteiger partial charge in [0.1, 0.15) is 10.6 Å². The highest BCUT2D eigenvalue weighted by Gasteiger charge is 2.19. The van der Waals surface area contributed by atoms with E-state index in [0.29, 0.717) is 12.2 Å². The minimum atomic E-state index is -3.90. The Morgan fingerprint density at radius 3 is 2.43 bits per heavy atom. The third-order valence-electron chi connectivity index (χ3n) is 3.24. The molecular formula is C17H18O5S.